The first-order valence-corrected chi connectivity index (χ1v) is 6.55. The molecule has 0 saturated heterocycles. The fraction of sp³-hybridized carbons (Fsp3) is 0.200. The van der Waals surface area contributed by atoms with Crippen molar-refractivity contribution >= 4 is 17.3 Å². The molecule has 0 amide bonds. The first-order valence-electron chi connectivity index (χ1n) is 6.17. The minimum Gasteiger partial charge on any atom is -0.376 e. The van der Waals surface area contributed by atoms with E-state index in [1.807, 2.05) is 13.0 Å². The van der Waals surface area contributed by atoms with Gasteiger partial charge in [0.2, 0.25) is 0 Å². The molecule has 0 fully saturated rings. The summed E-state index contributed by atoms with van der Waals surface area (Å²) in [6.07, 6.45) is 0.609. The molecule has 0 spiro atoms. The Bertz CT molecular complexity index is 616. The van der Waals surface area contributed by atoms with Gasteiger partial charge in [-0.1, -0.05) is 30.7 Å². The van der Waals surface area contributed by atoms with E-state index in [1.165, 1.54) is 0 Å². The van der Waals surface area contributed by atoms with E-state index in [4.69, 9.17) is 11.6 Å². The minimum atomic E-state index is -1.21. The second kappa shape index (κ2) is 6.18. The SMILES string of the molecule is CCC(Nc1cc(F)cc(F)c1F)c1cccc(Cl)c1. The first kappa shape index (κ1) is 14.7. The molecule has 1 N–H and O–H groups in total. The van der Waals surface area contributed by atoms with Crippen molar-refractivity contribution in [3.8, 4) is 0 Å². The highest BCUT2D eigenvalue weighted by atomic mass is 35.5. The number of hydrogen-bond acceptors (Lipinski definition) is 1. The van der Waals surface area contributed by atoms with Crippen LogP contribution in [-0.2, 0) is 0 Å². The summed E-state index contributed by atoms with van der Waals surface area (Å²) >= 11 is 5.91. The summed E-state index contributed by atoms with van der Waals surface area (Å²) in [5.74, 6) is -3.13. The van der Waals surface area contributed by atoms with Gasteiger partial charge in [-0.05, 0) is 24.1 Å². The average Bonchev–Trinajstić information content (AvgIpc) is 2.41. The molecule has 0 radical (unpaired) electrons. The van der Waals surface area contributed by atoms with Gasteiger partial charge < -0.3 is 5.32 Å². The number of benzene rings is 2. The van der Waals surface area contributed by atoms with Gasteiger partial charge in [0.05, 0.1) is 11.7 Å². The van der Waals surface area contributed by atoms with Crippen LogP contribution in [0.4, 0.5) is 18.9 Å². The highest BCUT2D eigenvalue weighted by molar-refractivity contribution is 6.30. The number of nitrogens with one attached hydrogen (secondary N) is 1. The Morgan fingerprint density at radius 1 is 1.15 bits per heavy atom. The monoisotopic (exact) mass is 299 g/mol. The maximum atomic E-state index is 13.6. The normalized spacial score (nSPS) is 12.2. The molecule has 106 valence electrons. The van der Waals surface area contributed by atoms with E-state index in [-0.39, 0.29) is 11.7 Å². The summed E-state index contributed by atoms with van der Waals surface area (Å²) in [6, 6.07) is 8.21. The maximum Gasteiger partial charge on any atom is 0.182 e. The average molecular weight is 300 g/mol. The summed E-state index contributed by atoms with van der Waals surface area (Å²) in [4.78, 5) is 0. The van der Waals surface area contributed by atoms with Crippen molar-refractivity contribution in [3.63, 3.8) is 0 Å². The molecule has 1 unspecified atom stereocenters. The summed E-state index contributed by atoms with van der Waals surface area (Å²) in [6.45, 7) is 1.88. The molecule has 0 bridgehead atoms. The van der Waals surface area contributed by atoms with Crippen LogP contribution in [0.3, 0.4) is 0 Å². The molecule has 0 aromatic heterocycles. The Morgan fingerprint density at radius 3 is 2.55 bits per heavy atom. The number of anilines is 1. The van der Waals surface area contributed by atoms with Crippen molar-refractivity contribution in [2.24, 2.45) is 0 Å². The fourth-order valence-corrected chi connectivity index (χ4v) is 2.19. The zero-order valence-corrected chi connectivity index (χ0v) is 11.5. The van der Waals surface area contributed by atoms with Crippen LogP contribution in [0.5, 0.6) is 0 Å². The van der Waals surface area contributed by atoms with Gasteiger partial charge in [0, 0.05) is 17.2 Å². The molecule has 5 heteroatoms. The van der Waals surface area contributed by atoms with Crippen LogP contribution < -0.4 is 5.32 Å². The van der Waals surface area contributed by atoms with E-state index in [9.17, 15) is 13.2 Å². The molecular formula is C15H13ClF3N. The standard InChI is InChI=1S/C15H13ClF3N/c1-2-13(9-4-3-5-10(16)6-9)20-14-8-11(17)7-12(18)15(14)19/h3-8,13,20H,2H2,1H3. The van der Waals surface area contributed by atoms with Crippen molar-refractivity contribution in [1.82, 2.24) is 0 Å². The van der Waals surface area contributed by atoms with E-state index < -0.39 is 17.5 Å². The second-order valence-corrected chi connectivity index (χ2v) is 4.85. The van der Waals surface area contributed by atoms with Gasteiger partial charge in [-0.15, -0.1) is 0 Å². The van der Waals surface area contributed by atoms with Crippen LogP contribution in [0.25, 0.3) is 0 Å². The fourth-order valence-electron chi connectivity index (χ4n) is 1.99. The molecule has 1 nitrogen and oxygen atoms in total. The summed E-state index contributed by atoms with van der Waals surface area (Å²) in [5, 5.41) is 3.36. The summed E-state index contributed by atoms with van der Waals surface area (Å²) in [7, 11) is 0. The van der Waals surface area contributed by atoms with Crippen LogP contribution in [0.15, 0.2) is 36.4 Å². The predicted octanol–water partition coefficient (Wildman–Crippen LogP) is 5.32. The van der Waals surface area contributed by atoms with Crippen molar-refractivity contribution < 1.29 is 13.2 Å². The largest absolute Gasteiger partial charge is 0.376 e. The Kier molecular flexibility index (Phi) is 4.55. The Labute approximate surface area is 120 Å². The third kappa shape index (κ3) is 3.25. The van der Waals surface area contributed by atoms with E-state index in [1.54, 1.807) is 18.2 Å². The number of halogens is 4. The van der Waals surface area contributed by atoms with Crippen molar-refractivity contribution in [2.75, 3.05) is 5.32 Å². The summed E-state index contributed by atoms with van der Waals surface area (Å²) in [5.41, 5.74) is 0.624. The highest BCUT2D eigenvalue weighted by Gasteiger charge is 2.15. The molecule has 0 saturated carbocycles. The highest BCUT2D eigenvalue weighted by Crippen LogP contribution is 2.27. The minimum absolute atomic E-state index is 0.200. The Morgan fingerprint density at radius 2 is 1.90 bits per heavy atom. The lowest BCUT2D eigenvalue weighted by molar-refractivity contribution is 0.496. The van der Waals surface area contributed by atoms with Gasteiger partial charge in [-0.25, -0.2) is 13.2 Å². The quantitative estimate of drug-likeness (QED) is 0.753. The molecule has 0 heterocycles. The van der Waals surface area contributed by atoms with E-state index in [0.29, 0.717) is 17.5 Å². The molecule has 0 aliphatic rings. The van der Waals surface area contributed by atoms with E-state index >= 15 is 0 Å². The molecular weight excluding hydrogens is 287 g/mol. The predicted molar refractivity (Wildman–Crippen MR) is 74.4 cm³/mol. The van der Waals surface area contributed by atoms with Crippen LogP contribution >= 0.6 is 11.6 Å². The lowest BCUT2D eigenvalue weighted by Crippen LogP contribution is -2.11. The Hall–Kier alpha value is -1.68. The maximum absolute atomic E-state index is 13.6. The van der Waals surface area contributed by atoms with Crippen molar-refractivity contribution in [1.29, 1.82) is 0 Å². The topological polar surface area (TPSA) is 12.0 Å². The molecule has 2 aromatic carbocycles. The second-order valence-electron chi connectivity index (χ2n) is 4.41. The van der Waals surface area contributed by atoms with E-state index in [2.05, 4.69) is 5.32 Å². The third-order valence-electron chi connectivity index (χ3n) is 2.98. The van der Waals surface area contributed by atoms with Gasteiger partial charge in [-0.3, -0.25) is 0 Å². The van der Waals surface area contributed by atoms with Gasteiger partial charge in [-0.2, -0.15) is 0 Å². The molecule has 2 aromatic rings. The molecule has 0 aliphatic heterocycles. The van der Waals surface area contributed by atoms with Gasteiger partial charge in [0.15, 0.2) is 11.6 Å². The van der Waals surface area contributed by atoms with Crippen LogP contribution in [0, 0.1) is 17.5 Å². The molecule has 1 atom stereocenters. The molecule has 2 rings (SSSR count). The number of hydrogen-bond donors (Lipinski definition) is 1. The van der Waals surface area contributed by atoms with E-state index in [0.717, 1.165) is 11.6 Å². The third-order valence-corrected chi connectivity index (χ3v) is 3.22. The summed E-state index contributed by atoms with van der Waals surface area (Å²) < 4.78 is 40.0. The molecule has 0 aliphatic carbocycles. The zero-order chi connectivity index (χ0) is 14.7. The lowest BCUT2D eigenvalue weighted by Gasteiger charge is -2.19. The van der Waals surface area contributed by atoms with Crippen LogP contribution in [0.1, 0.15) is 24.9 Å². The van der Waals surface area contributed by atoms with Crippen LogP contribution in [0.2, 0.25) is 5.02 Å². The number of rotatable bonds is 4. The molecule has 20 heavy (non-hydrogen) atoms. The van der Waals surface area contributed by atoms with Crippen LogP contribution in [-0.4, -0.2) is 0 Å². The zero-order valence-electron chi connectivity index (χ0n) is 10.8. The van der Waals surface area contributed by atoms with Gasteiger partial charge >= 0.3 is 0 Å². The Balaban J connectivity index is 2.31. The van der Waals surface area contributed by atoms with Crippen molar-refractivity contribution in [2.45, 2.75) is 19.4 Å². The first-order chi connectivity index (χ1) is 9.51. The smallest absolute Gasteiger partial charge is 0.182 e. The van der Waals surface area contributed by atoms with Gasteiger partial charge in [0.25, 0.3) is 0 Å². The lowest BCUT2D eigenvalue weighted by atomic mass is 10.0. The van der Waals surface area contributed by atoms with Crippen molar-refractivity contribution in [3.05, 3.63) is 64.4 Å². The van der Waals surface area contributed by atoms with Gasteiger partial charge in [0.1, 0.15) is 5.82 Å².